The fraction of sp³-hybridized carbons (Fsp3) is 0.375. The minimum Gasteiger partial charge on any atom is -0.309 e. The summed E-state index contributed by atoms with van der Waals surface area (Å²) in [6.45, 7) is 4.95. The molecule has 1 nitrogen and oxygen atoms in total. The Balaban J connectivity index is 2.28. The summed E-state index contributed by atoms with van der Waals surface area (Å²) in [7, 11) is 0. The van der Waals surface area contributed by atoms with Gasteiger partial charge < -0.3 is 5.32 Å². The minimum absolute atomic E-state index is 0.00381. The standard InChI is InChI=1S/C16H18Cl2FNS/c1-3-6-20-14(16-15(18)10(2)9-21-16)8-11-7-12(17)4-5-13(11)19/h4-5,7,9,14,20H,3,6,8H2,1-2H3. The van der Waals surface area contributed by atoms with Gasteiger partial charge in [0, 0.05) is 15.9 Å². The molecule has 1 N–H and O–H groups in total. The monoisotopic (exact) mass is 345 g/mol. The fourth-order valence-corrected chi connectivity index (χ4v) is 3.78. The zero-order chi connectivity index (χ0) is 15.4. The van der Waals surface area contributed by atoms with Gasteiger partial charge in [-0.05, 0) is 61.0 Å². The van der Waals surface area contributed by atoms with E-state index < -0.39 is 0 Å². The first kappa shape index (κ1) is 16.8. The maximum absolute atomic E-state index is 14.0. The second-order valence-electron chi connectivity index (χ2n) is 5.04. The summed E-state index contributed by atoms with van der Waals surface area (Å²) >= 11 is 14.0. The molecule has 0 saturated heterocycles. The van der Waals surface area contributed by atoms with Crippen molar-refractivity contribution < 1.29 is 4.39 Å². The lowest BCUT2D eigenvalue weighted by Crippen LogP contribution is -2.24. The van der Waals surface area contributed by atoms with Crippen LogP contribution < -0.4 is 5.32 Å². The third-order valence-electron chi connectivity index (χ3n) is 3.31. The molecule has 0 spiro atoms. The quantitative estimate of drug-likeness (QED) is 0.698. The number of nitrogens with one attached hydrogen (secondary N) is 1. The van der Waals surface area contributed by atoms with Gasteiger partial charge in [0.15, 0.2) is 0 Å². The Hall–Kier alpha value is -0.610. The first-order chi connectivity index (χ1) is 10.0. The first-order valence-electron chi connectivity index (χ1n) is 6.93. The van der Waals surface area contributed by atoms with Crippen molar-refractivity contribution in [1.29, 1.82) is 0 Å². The van der Waals surface area contributed by atoms with Gasteiger partial charge in [-0.3, -0.25) is 0 Å². The lowest BCUT2D eigenvalue weighted by atomic mass is 10.0. The average Bonchev–Trinajstić information content (AvgIpc) is 2.79. The summed E-state index contributed by atoms with van der Waals surface area (Å²) in [5.74, 6) is -0.230. The van der Waals surface area contributed by atoms with E-state index in [1.54, 1.807) is 23.5 Å². The third-order valence-corrected chi connectivity index (χ3v) is 5.38. The second-order valence-corrected chi connectivity index (χ2v) is 6.77. The number of hydrogen-bond acceptors (Lipinski definition) is 2. The van der Waals surface area contributed by atoms with Crippen LogP contribution in [0.4, 0.5) is 4.39 Å². The Labute approximate surface area is 139 Å². The molecule has 21 heavy (non-hydrogen) atoms. The topological polar surface area (TPSA) is 12.0 Å². The fourth-order valence-electron chi connectivity index (χ4n) is 2.18. The highest BCUT2D eigenvalue weighted by Gasteiger charge is 2.19. The molecule has 2 aromatic rings. The molecule has 1 atom stereocenters. The molecule has 1 heterocycles. The molecule has 114 valence electrons. The smallest absolute Gasteiger partial charge is 0.126 e. The van der Waals surface area contributed by atoms with Crippen molar-refractivity contribution >= 4 is 34.5 Å². The van der Waals surface area contributed by atoms with Crippen molar-refractivity contribution in [3.8, 4) is 0 Å². The van der Waals surface area contributed by atoms with Gasteiger partial charge in [0.1, 0.15) is 5.82 Å². The molecule has 0 saturated carbocycles. The largest absolute Gasteiger partial charge is 0.309 e. The van der Waals surface area contributed by atoms with E-state index in [-0.39, 0.29) is 11.9 Å². The van der Waals surface area contributed by atoms with Crippen LogP contribution >= 0.6 is 34.5 Å². The zero-order valence-corrected chi connectivity index (χ0v) is 14.4. The second kappa shape index (κ2) is 7.59. The SMILES string of the molecule is CCCNC(Cc1cc(Cl)ccc1F)c1scc(C)c1Cl. The Morgan fingerprint density at radius 3 is 2.71 bits per heavy atom. The van der Waals surface area contributed by atoms with Gasteiger partial charge in [-0.2, -0.15) is 0 Å². The summed E-state index contributed by atoms with van der Waals surface area (Å²) in [5, 5.41) is 6.81. The Morgan fingerprint density at radius 2 is 2.10 bits per heavy atom. The van der Waals surface area contributed by atoms with Crippen molar-refractivity contribution in [3.05, 3.63) is 55.4 Å². The van der Waals surface area contributed by atoms with E-state index in [2.05, 4.69) is 12.2 Å². The van der Waals surface area contributed by atoms with Crippen molar-refractivity contribution in [2.75, 3.05) is 6.54 Å². The number of halogens is 3. The molecule has 0 fully saturated rings. The highest BCUT2D eigenvalue weighted by atomic mass is 35.5. The summed E-state index contributed by atoms with van der Waals surface area (Å²) in [5.41, 5.74) is 1.67. The Morgan fingerprint density at radius 1 is 1.33 bits per heavy atom. The van der Waals surface area contributed by atoms with Crippen LogP contribution in [-0.4, -0.2) is 6.54 Å². The first-order valence-corrected chi connectivity index (χ1v) is 8.57. The van der Waals surface area contributed by atoms with Gasteiger partial charge in [0.25, 0.3) is 0 Å². The predicted octanol–water partition coefficient (Wildman–Crippen LogP) is 5.79. The molecule has 0 radical (unpaired) electrons. The van der Waals surface area contributed by atoms with E-state index in [1.165, 1.54) is 6.07 Å². The van der Waals surface area contributed by atoms with Crippen molar-refractivity contribution in [2.45, 2.75) is 32.7 Å². The minimum atomic E-state index is -0.230. The van der Waals surface area contributed by atoms with Crippen LogP contribution in [0.15, 0.2) is 23.6 Å². The van der Waals surface area contributed by atoms with Gasteiger partial charge in [-0.1, -0.05) is 30.1 Å². The third kappa shape index (κ3) is 4.19. The van der Waals surface area contributed by atoms with Crippen LogP contribution in [0.2, 0.25) is 10.0 Å². The lowest BCUT2D eigenvalue weighted by Gasteiger charge is -2.18. The van der Waals surface area contributed by atoms with E-state index in [0.29, 0.717) is 17.0 Å². The van der Waals surface area contributed by atoms with Crippen molar-refractivity contribution in [1.82, 2.24) is 5.32 Å². The highest BCUT2D eigenvalue weighted by molar-refractivity contribution is 7.10. The van der Waals surface area contributed by atoms with E-state index in [1.807, 2.05) is 12.3 Å². The molecule has 5 heteroatoms. The highest BCUT2D eigenvalue weighted by Crippen LogP contribution is 2.34. The molecule has 1 unspecified atom stereocenters. The molecule has 2 rings (SSSR count). The summed E-state index contributed by atoms with van der Waals surface area (Å²) in [6.07, 6.45) is 1.54. The zero-order valence-electron chi connectivity index (χ0n) is 12.1. The van der Waals surface area contributed by atoms with Gasteiger partial charge in [0.05, 0.1) is 5.02 Å². The normalized spacial score (nSPS) is 12.6. The summed E-state index contributed by atoms with van der Waals surface area (Å²) in [4.78, 5) is 1.06. The Bertz CT molecular complexity index is 612. The molecule has 0 amide bonds. The van der Waals surface area contributed by atoms with Crippen LogP contribution in [0.25, 0.3) is 0 Å². The number of rotatable bonds is 6. The predicted molar refractivity (Wildman–Crippen MR) is 90.2 cm³/mol. The van der Waals surface area contributed by atoms with Gasteiger partial charge in [-0.15, -0.1) is 11.3 Å². The molecular weight excluding hydrogens is 328 g/mol. The van der Waals surface area contributed by atoms with Crippen LogP contribution in [0.1, 0.15) is 35.4 Å². The molecule has 0 bridgehead atoms. The molecule has 0 aliphatic carbocycles. The summed E-state index contributed by atoms with van der Waals surface area (Å²) in [6, 6.07) is 4.67. The number of benzene rings is 1. The Kier molecular flexibility index (Phi) is 6.06. The van der Waals surface area contributed by atoms with Crippen LogP contribution in [0.3, 0.4) is 0 Å². The lowest BCUT2D eigenvalue weighted by molar-refractivity contribution is 0.519. The molecule has 1 aromatic heterocycles. The van der Waals surface area contributed by atoms with E-state index >= 15 is 0 Å². The average molecular weight is 346 g/mol. The maximum Gasteiger partial charge on any atom is 0.126 e. The molecule has 0 aliphatic heterocycles. The van der Waals surface area contributed by atoms with Crippen LogP contribution in [0, 0.1) is 12.7 Å². The van der Waals surface area contributed by atoms with Crippen molar-refractivity contribution in [3.63, 3.8) is 0 Å². The van der Waals surface area contributed by atoms with E-state index in [9.17, 15) is 4.39 Å². The maximum atomic E-state index is 14.0. The van der Waals surface area contributed by atoms with Gasteiger partial charge >= 0.3 is 0 Å². The van der Waals surface area contributed by atoms with Gasteiger partial charge in [-0.25, -0.2) is 4.39 Å². The molecular formula is C16H18Cl2FNS. The number of hydrogen-bond donors (Lipinski definition) is 1. The number of aryl methyl sites for hydroxylation is 1. The van der Waals surface area contributed by atoms with E-state index in [4.69, 9.17) is 23.2 Å². The van der Waals surface area contributed by atoms with E-state index in [0.717, 1.165) is 28.4 Å². The summed E-state index contributed by atoms with van der Waals surface area (Å²) < 4.78 is 14.0. The number of thiophene rings is 1. The van der Waals surface area contributed by atoms with Crippen molar-refractivity contribution in [2.24, 2.45) is 0 Å². The van der Waals surface area contributed by atoms with Crippen LogP contribution in [-0.2, 0) is 6.42 Å². The molecule has 0 aliphatic rings. The van der Waals surface area contributed by atoms with Crippen LogP contribution in [0.5, 0.6) is 0 Å². The van der Waals surface area contributed by atoms with Gasteiger partial charge in [0.2, 0.25) is 0 Å². The molecule has 1 aromatic carbocycles.